The smallest absolute Gasteiger partial charge is 0.252 e. The normalized spacial score (nSPS) is 17.4. The van der Waals surface area contributed by atoms with Crippen molar-refractivity contribution in [1.82, 2.24) is 5.32 Å². The van der Waals surface area contributed by atoms with E-state index >= 15 is 0 Å². The Morgan fingerprint density at radius 3 is 2.74 bits per heavy atom. The Balaban J connectivity index is 2.18. The summed E-state index contributed by atoms with van der Waals surface area (Å²) in [6.07, 6.45) is 2.09. The number of nitriles is 1. The van der Waals surface area contributed by atoms with Crippen LogP contribution in [0.1, 0.15) is 41.3 Å². The van der Waals surface area contributed by atoms with Crippen LogP contribution in [0.15, 0.2) is 18.2 Å². The van der Waals surface area contributed by atoms with Crippen LogP contribution in [0.5, 0.6) is 0 Å². The molecule has 1 aromatic rings. The van der Waals surface area contributed by atoms with Crippen molar-refractivity contribution in [2.45, 2.75) is 32.2 Å². The van der Waals surface area contributed by atoms with E-state index in [1.807, 2.05) is 19.9 Å². The van der Waals surface area contributed by atoms with Crippen LogP contribution < -0.4 is 5.32 Å². The second-order valence-electron chi connectivity index (χ2n) is 5.45. The van der Waals surface area contributed by atoms with Crippen molar-refractivity contribution in [3.05, 3.63) is 34.9 Å². The first-order valence-electron chi connectivity index (χ1n) is 6.44. The summed E-state index contributed by atoms with van der Waals surface area (Å²) in [6.45, 7) is 3.63. The monoisotopic (exact) mass is 258 g/mol. The average molecular weight is 258 g/mol. The summed E-state index contributed by atoms with van der Waals surface area (Å²) in [4.78, 5) is 12.3. The zero-order chi connectivity index (χ0) is 14.0. The summed E-state index contributed by atoms with van der Waals surface area (Å²) in [5.74, 6) is 0.172. The Morgan fingerprint density at radius 1 is 1.58 bits per heavy atom. The number of hydrogen-bond acceptors (Lipinski definition) is 3. The molecule has 19 heavy (non-hydrogen) atoms. The molecule has 0 radical (unpaired) electrons. The van der Waals surface area contributed by atoms with Crippen molar-refractivity contribution in [3.63, 3.8) is 0 Å². The lowest BCUT2D eigenvalue weighted by Gasteiger charge is -2.29. The van der Waals surface area contributed by atoms with Gasteiger partial charge in [0.15, 0.2) is 0 Å². The van der Waals surface area contributed by atoms with E-state index < -0.39 is 5.54 Å². The van der Waals surface area contributed by atoms with E-state index in [0.29, 0.717) is 17.0 Å². The SMILES string of the molecule is Cc1cc(C#N)ccc1C(=O)NC(C)(CO)C1CC1. The molecule has 0 aliphatic heterocycles. The van der Waals surface area contributed by atoms with Crippen LogP contribution >= 0.6 is 0 Å². The van der Waals surface area contributed by atoms with Crippen LogP contribution in [0.3, 0.4) is 0 Å². The number of aliphatic hydroxyl groups is 1. The lowest BCUT2D eigenvalue weighted by atomic mass is 9.95. The Morgan fingerprint density at radius 2 is 2.26 bits per heavy atom. The quantitative estimate of drug-likeness (QED) is 0.864. The maximum absolute atomic E-state index is 12.3. The molecule has 0 heterocycles. The molecule has 1 unspecified atom stereocenters. The van der Waals surface area contributed by atoms with Crippen molar-refractivity contribution >= 4 is 5.91 Å². The number of nitrogens with zero attached hydrogens (tertiary/aromatic N) is 1. The highest BCUT2D eigenvalue weighted by molar-refractivity contribution is 5.96. The zero-order valence-electron chi connectivity index (χ0n) is 11.2. The predicted molar refractivity (Wildman–Crippen MR) is 71.6 cm³/mol. The Bertz CT molecular complexity index is 544. The standard InChI is InChI=1S/C15H18N2O2/c1-10-7-11(8-16)3-6-13(10)14(19)17-15(2,9-18)12-4-5-12/h3,6-7,12,18H,4-5,9H2,1-2H3,(H,17,19). The summed E-state index contributed by atoms with van der Waals surface area (Å²) >= 11 is 0. The molecule has 1 aromatic carbocycles. The van der Waals surface area contributed by atoms with Gasteiger partial charge in [0.2, 0.25) is 0 Å². The van der Waals surface area contributed by atoms with Gasteiger partial charge < -0.3 is 10.4 Å². The van der Waals surface area contributed by atoms with Crippen LogP contribution in [0.2, 0.25) is 0 Å². The van der Waals surface area contributed by atoms with Gasteiger partial charge in [-0.15, -0.1) is 0 Å². The van der Waals surface area contributed by atoms with Crippen molar-refractivity contribution in [1.29, 1.82) is 5.26 Å². The maximum atomic E-state index is 12.3. The lowest BCUT2D eigenvalue weighted by molar-refractivity contribution is 0.0824. The van der Waals surface area contributed by atoms with Gasteiger partial charge in [-0.3, -0.25) is 4.79 Å². The molecular weight excluding hydrogens is 240 g/mol. The summed E-state index contributed by atoms with van der Waals surface area (Å²) in [5.41, 5.74) is 1.32. The minimum Gasteiger partial charge on any atom is -0.394 e. The van der Waals surface area contributed by atoms with E-state index in [1.165, 1.54) is 0 Å². The Kier molecular flexibility index (Phi) is 3.59. The number of carbonyl (C=O) groups excluding carboxylic acids is 1. The number of aliphatic hydroxyl groups excluding tert-OH is 1. The Labute approximate surface area is 113 Å². The molecule has 2 N–H and O–H groups in total. The predicted octanol–water partition coefficient (Wildman–Crippen LogP) is 1.76. The molecule has 4 heteroatoms. The van der Waals surface area contributed by atoms with Crippen molar-refractivity contribution in [2.75, 3.05) is 6.61 Å². The fourth-order valence-electron chi connectivity index (χ4n) is 2.31. The highest BCUT2D eigenvalue weighted by atomic mass is 16.3. The molecule has 2 rings (SSSR count). The first kappa shape index (κ1) is 13.6. The van der Waals surface area contributed by atoms with Crippen LogP contribution in [-0.2, 0) is 0 Å². The third-order valence-electron chi connectivity index (χ3n) is 3.81. The number of hydrogen-bond donors (Lipinski definition) is 2. The number of nitrogens with one attached hydrogen (secondary N) is 1. The van der Waals surface area contributed by atoms with Crippen LogP contribution in [0.25, 0.3) is 0 Å². The maximum Gasteiger partial charge on any atom is 0.252 e. The molecule has 0 saturated heterocycles. The molecule has 0 aromatic heterocycles. The highest BCUT2D eigenvalue weighted by Crippen LogP contribution is 2.39. The van der Waals surface area contributed by atoms with Gasteiger partial charge in [0.05, 0.1) is 23.8 Å². The average Bonchev–Trinajstić information content (AvgIpc) is 3.22. The molecule has 1 amide bonds. The van der Waals surface area contributed by atoms with Gasteiger partial charge in [0.25, 0.3) is 5.91 Å². The minimum absolute atomic E-state index is 0.0568. The summed E-state index contributed by atoms with van der Waals surface area (Å²) in [6, 6.07) is 7.04. The third-order valence-corrected chi connectivity index (χ3v) is 3.81. The van der Waals surface area contributed by atoms with Gasteiger partial charge in [-0.05, 0) is 56.4 Å². The lowest BCUT2D eigenvalue weighted by Crippen LogP contribution is -2.50. The zero-order valence-corrected chi connectivity index (χ0v) is 11.2. The first-order chi connectivity index (χ1) is 9.00. The molecule has 1 saturated carbocycles. The van der Waals surface area contributed by atoms with Crippen molar-refractivity contribution < 1.29 is 9.90 Å². The van der Waals surface area contributed by atoms with Crippen LogP contribution in [0, 0.1) is 24.2 Å². The van der Waals surface area contributed by atoms with Gasteiger partial charge in [-0.2, -0.15) is 5.26 Å². The first-order valence-corrected chi connectivity index (χ1v) is 6.44. The van der Waals surface area contributed by atoms with Gasteiger partial charge in [0, 0.05) is 5.56 Å². The number of benzene rings is 1. The molecule has 1 aliphatic carbocycles. The summed E-state index contributed by atoms with van der Waals surface area (Å²) in [5, 5.41) is 21.2. The largest absolute Gasteiger partial charge is 0.394 e. The molecular formula is C15H18N2O2. The third kappa shape index (κ3) is 2.77. The van der Waals surface area contributed by atoms with E-state index in [2.05, 4.69) is 5.32 Å². The van der Waals surface area contributed by atoms with E-state index in [-0.39, 0.29) is 12.5 Å². The fraction of sp³-hybridized carbons (Fsp3) is 0.467. The Hall–Kier alpha value is -1.86. The topological polar surface area (TPSA) is 73.1 Å². The number of rotatable bonds is 4. The molecule has 4 nitrogen and oxygen atoms in total. The van der Waals surface area contributed by atoms with Gasteiger partial charge in [-0.25, -0.2) is 0 Å². The second kappa shape index (κ2) is 5.02. The number of amides is 1. The van der Waals surface area contributed by atoms with E-state index in [0.717, 1.165) is 18.4 Å². The van der Waals surface area contributed by atoms with E-state index in [4.69, 9.17) is 5.26 Å². The van der Waals surface area contributed by atoms with E-state index in [1.54, 1.807) is 18.2 Å². The van der Waals surface area contributed by atoms with Crippen LogP contribution in [0.4, 0.5) is 0 Å². The van der Waals surface area contributed by atoms with E-state index in [9.17, 15) is 9.90 Å². The van der Waals surface area contributed by atoms with Crippen molar-refractivity contribution in [3.8, 4) is 6.07 Å². The fourth-order valence-corrected chi connectivity index (χ4v) is 2.31. The number of aryl methyl sites for hydroxylation is 1. The molecule has 1 atom stereocenters. The van der Waals surface area contributed by atoms with Crippen LogP contribution in [-0.4, -0.2) is 23.2 Å². The van der Waals surface area contributed by atoms with Gasteiger partial charge in [-0.1, -0.05) is 0 Å². The summed E-state index contributed by atoms with van der Waals surface area (Å²) < 4.78 is 0. The van der Waals surface area contributed by atoms with Gasteiger partial charge >= 0.3 is 0 Å². The summed E-state index contributed by atoms with van der Waals surface area (Å²) in [7, 11) is 0. The van der Waals surface area contributed by atoms with Crippen molar-refractivity contribution in [2.24, 2.45) is 5.92 Å². The molecule has 100 valence electrons. The van der Waals surface area contributed by atoms with Gasteiger partial charge in [0.1, 0.15) is 0 Å². The molecule has 1 fully saturated rings. The molecule has 1 aliphatic rings. The number of carbonyl (C=O) groups is 1. The minimum atomic E-state index is -0.544. The second-order valence-corrected chi connectivity index (χ2v) is 5.45. The molecule has 0 bridgehead atoms. The molecule has 0 spiro atoms. The highest BCUT2D eigenvalue weighted by Gasteiger charge is 2.42.